The summed E-state index contributed by atoms with van der Waals surface area (Å²) in [6.45, 7) is 2.96. The van der Waals surface area contributed by atoms with Crippen molar-refractivity contribution in [3.05, 3.63) is 21.4 Å². The molecule has 1 fully saturated rings. The molecule has 2 aliphatic heterocycles. The van der Waals surface area contributed by atoms with Gasteiger partial charge in [-0.1, -0.05) is 0 Å². The van der Waals surface area contributed by atoms with Crippen LogP contribution in [-0.2, 0) is 17.8 Å². The number of hydrogen-bond donors (Lipinski definition) is 1. The van der Waals surface area contributed by atoms with Crippen LogP contribution in [0.25, 0.3) is 0 Å². The number of nitrogens with two attached hydrogens (primary N) is 1. The molecule has 98 valence electrons. The summed E-state index contributed by atoms with van der Waals surface area (Å²) in [6.07, 6.45) is 2.98. The van der Waals surface area contributed by atoms with Crippen LogP contribution in [0.1, 0.15) is 33.0 Å². The van der Waals surface area contributed by atoms with Crippen molar-refractivity contribution in [2.75, 3.05) is 19.7 Å². The number of carbonyl (C=O) groups excluding carboxylic acids is 1. The lowest BCUT2D eigenvalue weighted by atomic mass is 10.1. The first-order valence-electron chi connectivity index (χ1n) is 6.48. The van der Waals surface area contributed by atoms with Crippen molar-refractivity contribution in [1.29, 1.82) is 0 Å². The van der Waals surface area contributed by atoms with Gasteiger partial charge in [0.2, 0.25) is 0 Å². The Hall–Kier alpha value is -0.910. The Kier molecular flexibility index (Phi) is 3.37. The van der Waals surface area contributed by atoms with E-state index in [4.69, 9.17) is 10.5 Å². The molecule has 0 bridgehead atoms. The second kappa shape index (κ2) is 4.99. The van der Waals surface area contributed by atoms with Gasteiger partial charge in [-0.05, 0) is 24.5 Å². The molecule has 0 aromatic carbocycles. The van der Waals surface area contributed by atoms with E-state index < -0.39 is 0 Å². The molecule has 0 radical (unpaired) electrons. The minimum atomic E-state index is 0.139. The van der Waals surface area contributed by atoms with Gasteiger partial charge in [0, 0.05) is 30.4 Å². The third-order valence-corrected chi connectivity index (χ3v) is 4.81. The fourth-order valence-corrected chi connectivity index (χ4v) is 3.72. The topological polar surface area (TPSA) is 55.6 Å². The molecule has 4 nitrogen and oxygen atoms in total. The van der Waals surface area contributed by atoms with Gasteiger partial charge in [-0.25, -0.2) is 0 Å². The smallest absolute Gasteiger partial charge is 0.263 e. The van der Waals surface area contributed by atoms with Crippen LogP contribution in [0.3, 0.4) is 0 Å². The van der Waals surface area contributed by atoms with Gasteiger partial charge in [0.15, 0.2) is 0 Å². The monoisotopic (exact) mass is 266 g/mol. The maximum Gasteiger partial charge on any atom is 0.263 e. The SMILES string of the molecule is NC1CCCN(C(=O)c2cc3c(s2)CCOC3)C1. The molecule has 2 aliphatic rings. The lowest BCUT2D eigenvalue weighted by Crippen LogP contribution is -2.45. The van der Waals surface area contributed by atoms with Gasteiger partial charge in [-0.2, -0.15) is 0 Å². The number of likely N-dealkylation sites (tertiary alicyclic amines) is 1. The number of hydrogen-bond acceptors (Lipinski definition) is 4. The van der Waals surface area contributed by atoms with Gasteiger partial charge in [-0.15, -0.1) is 11.3 Å². The van der Waals surface area contributed by atoms with Crippen molar-refractivity contribution >= 4 is 17.2 Å². The fraction of sp³-hybridized carbons (Fsp3) is 0.615. The molecule has 1 amide bonds. The van der Waals surface area contributed by atoms with Crippen LogP contribution >= 0.6 is 11.3 Å². The number of amides is 1. The number of fused-ring (bicyclic) bond motifs is 1. The number of ether oxygens (including phenoxy) is 1. The summed E-state index contributed by atoms with van der Waals surface area (Å²) in [5.41, 5.74) is 7.12. The van der Waals surface area contributed by atoms with Crippen LogP contribution in [0.2, 0.25) is 0 Å². The fourth-order valence-electron chi connectivity index (χ4n) is 2.60. The summed E-state index contributed by atoms with van der Waals surface area (Å²) in [5.74, 6) is 0.143. The van der Waals surface area contributed by atoms with Crippen LogP contribution in [0.5, 0.6) is 0 Å². The molecule has 2 N–H and O–H groups in total. The number of thiophene rings is 1. The van der Waals surface area contributed by atoms with Crippen LogP contribution in [0.15, 0.2) is 6.07 Å². The molecule has 5 heteroatoms. The Bertz CT molecular complexity index is 434. The van der Waals surface area contributed by atoms with Gasteiger partial charge in [0.1, 0.15) is 0 Å². The van der Waals surface area contributed by atoms with E-state index in [1.54, 1.807) is 11.3 Å². The Morgan fingerprint density at radius 2 is 2.44 bits per heavy atom. The Labute approximate surface area is 111 Å². The molecule has 18 heavy (non-hydrogen) atoms. The summed E-state index contributed by atoms with van der Waals surface area (Å²) < 4.78 is 5.41. The highest BCUT2D eigenvalue weighted by molar-refractivity contribution is 7.14. The Morgan fingerprint density at radius 1 is 1.56 bits per heavy atom. The minimum absolute atomic E-state index is 0.139. The maximum absolute atomic E-state index is 12.4. The highest BCUT2D eigenvalue weighted by atomic mass is 32.1. The third kappa shape index (κ3) is 2.30. The first kappa shape index (κ1) is 12.1. The van der Waals surface area contributed by atoms with Gasteiger partial charge in [0.25, 0.3) is 5.91 Å². The predicted molar refractivity (Wildman–Crippen MR) is 70.8 cm³/mol. The average molecular weight is 266 g/mol. The van der Waals surface area contributed by atoms with Crippen molar-refractivity contribution in [3.63, 3.8) is 0 Å². The molecule has 1 saturated heterocycles. The van der Waals surface area contributed by atoms with Crippen LogP contribution < -0.4 is 5.73 Å². The minimum Gasteiger partial charge on any atom is -0.376 e. The number of nitrogens with zero attached hydrogens (tertiary/aromatic N) is 1. The van der Waals surface area contributed by atoms with Crippen molar-refractivity contribution in [2.24, 2.45) is 5.73 Å². The Morgan fingerprint density at radius 3 is 3.22 bits per heavy atom. The molecule has 0 saturated carbocycles. The quantitative estimate of drug-likeness (QED) is 0.835. The van der Waals surface area contributed by atoms with Crippen molar-refractivity contribution < 1.29 is 9.53 Å². The van der Waals surface area contributed by atoms with E-state index in [0.717, 1.165) is 37.3 Å². The van der Waals surface area contributed by atoms with Gasteiger partial charge in [-0.3, -0.25) is 4.79 Å². The molecule has 0 aliphatic carbocycles. The van der Waals surface area contributed by atoms with E-state index in [2.05, 4.69) is 0 Å². The molecule has 1 unspecified atom stereocenters. The summed E-state index contributed by atoms with van der Waals surface area (Å²) >= 11 is 1.63. The van der Waals surface area contributed by atoms with Gasteiger partial charge in [0.05, 0.1) is 18.1 Å². The highest BCUT2D eigenvalue weighted by Crippen LogP contribution is 2.28. The zero-order chi connectivity index (χ0) is 12.5. The lowest BCUT2D eigenvalue weighted by Gasteiger charge is -2.30. The van der Waals surface area contributed by atoms with Crippen LogP contribution in [0.4, 0.5) is 0 Å². The summed E-state index contributed by atoms with van der Waals surface area (Å²) in [4.78, 5) is 16.5. The normalized spacial score (nSPS) is 23.8. The molecule has 1 atom stereocenters. The van der Waals surface area contributed by atoms with E-state index in [1.165, 1.54) is 10.4 Å². The highest BCUT2D eigenvalue weighted by Gasteiger charge is 2.25. The second-order valence-corrected chi connectivity index (χ2v) is 6.15. The number of rotatable bonds is 1. The van der Waals surface area contributed by atoms with Crippen molar-refractivity contribution in [3.8, 4) is 0 Å². The molecule has 0 spiro atoms. The van der Waals surface area contributed by atoms with E-state index in [0.29, 0.717) is 13.2 Å². The van der Waals surface area contributed by atoms with Gasteiger partial charge < -0.3 is 15.4 Å². The van der Waals surface area contributed by atoms with Crippen molar-refractivity contribution in [2.45, 2.75) is 31.9 Å². The van der Waals surface area contributed by atoms with Gasteiger partial charge >= 0.3 is 0 Å². The van der Waals surface area contributed by atoms with E-state index in [-0.39, 0.29) is 11.9 Å². The van der Waals surface area contributed by atoms with E-state index in [9.17, 15) is 4.79 Å². The summed E-state index contributed by atoms with van der Waals surface area (Å²) in [5, 5.41) is 0. The molecule has 3 heterocycles. The van der Waals surface area contributed by atoms with Crippen molar-refractivity contribution in [1.82, 2.24) is 4.90 Å². The zero-order valence-electron chi connectivity index (χ0n) is 10.4. The van der Waals surface area contributed by atoms with Crippen LogP contribution in [-0.4, -0.2) is 36.5 Å². The zero-order valence-corrected chi connectivity index (χ0v) is 11.2. The number of piperidine rings is 1. The lowest BCUT2D eigenvalue weighted by molar-refractivity contribution is 0.0713. The van der Waals surface area contributed by atoms with E-state index in [1.807, 2.05) is 11.0 Å². The second-order valence-electron chi connectivity index (χ2n) is 5.02. The molecule has 3 rings (SSSR count). The van der Waals surface area contributed by atoms with Crippen LogP contribution in [0, 0.1) is 0 Å². The Balaban J connectivity index is 1.77. The third-order valence-electron chi connectivity index (χ3n) is 3.58. The molecular weight excluding hydrogens is 248 g/mol. The first-order valence-corrected chi connectivity index (χ1v) is 7.30. The summed E-state index contributed by atoms with van der Waals surface area (Å²) in [6, 6.07) is 2.14. The predicted octanol–water partition coefficient (Wildman–Crippen LogP) is 1.38. The van der Waals surface area contributed by atoms with E-state index >= 15 is 0 Å². The largest absolute Gasteiger partial charge is 0.376 e. The molecule has 1 aromatic heterocycles. The number of carbonyl (C=O) groups is 1. The molecule has 1 aromatic rings. The molecular formula is C13H18N2O2S. The summed E-state index contributed by atoms with van der Waals surface area (Å²) in [7, 11) is 0. The first-order chi connectivity index (χ1) is 8.74. The maximum atomic E-state index is 12.4. The average Bonchev–Trinajstić information content (AvgIpc) is 2.81. The standard InChI is InChI=1S/C13H18N2O2S/c14-10-2-1-4-15(7-10)13(16)12-6-9-8-17-5-3-11(9)18-12/h6,10H,1-5,7-8,14H2.